The van der Waals surface area contributed by atoms with E-state index in [1.807, 2.05) is 11.8 Å². The minimum absolute atomic E-state index is 0.146. The molecular formula is C15H22OS. The quantitative estimate of drug-likeness (QED) is 0.832. The van der Waals surface area contributed by atoms with Crippen molar-refractivity contribution in [2.75, 3.05) is 5.75 Å². The van der Waals surface area contributed by atoms with E-state index in [2.05, 4.69) is 38.1 Å². The number of aliphatic hydroxyl groups excluding tert-OH is 1. The Morgan fingerprint density at radius 1 is 1.41 bits per heavy atom. The van der Waals surface area contributed by atoms with Crippen molar-refractivity contribution in [3.05, 3.63) is 35.4 Å². The fourth-order valence-corrected chi connectivity index (χ4v) is 3.29. The molecule has 3 unspecified atom stereocenters. The lowest BCUT2D eigenvalue weighted by Gasteiger charge is -2.31. The third kappa shape index (κ3) is 3.26. The van der Waals surface area contributed by atoms with Crippen molar-refractivity contribution >= 4 is 11.8 Å². The Labute approximate surface area is 109 Å². The van der Waals surface area contributed by atoms with Gasteiger partial charge in [0.15, 0.2) is 0 Å². The highest BCUT2D eigenvalue weighted by molar-refractivity contribution is 7.99. The molecule has 94 valence electrons. The molecule has 0 aliphatic heterocycles. The second-order valence-corrected chi connectivity index (χ2v) is 6.51. The Morgan fingerprint density at radius 3 is 2.88 bits per heavy atom. The van der Waals surface area contributed by atoms with E-state index in [4.69, 9.17) is 0 Å². The van der Waals surface area contributed by atoms with Gasteiger partial charge >= 0.3 is 0 Å². The van der Waals surface area contributed by atoms with Gasteiger partial charge in [0.1, 0.15) is 0 Å². The van der Waals surface area contributed by atoms with Gasteiger partial charge in [-0.3, -0.25) is 0 Å². The lowest BCUT2D eigenvalue weighted by atomic mass is 9.75. The number of aliphatic hydroxyl groups is 1. The van der Waals surface area contributed by atoms with Crippen LogP contribution in [0.1, 0.15) is 43.7 Å². The normalized spacial score (nSPS) is 21.5. The zero-order valence-electron chi connectivity index (χ0n) is 10.7. The maximum Gasteiger partial charge on any atom is 0.0636 e. The number of rotatable bonds is 6. The van der Waals surface area contributed by atoms with Gasteiger partial charge in [-0.25, -0.2) is 0 Å². The molecule has 0 saturated heterocycles. The first-order valence-electron chi connectivity index (χ1n) is 6.58. The summed E-state index contributed by atoms with van der Waals surface area (Å²) in [6.45, 7) is 4.43. The third-order valence-corrected chi connectivity index (χ3v) is 5.15. The van der Waals surface area contributed by atoms with Crippen molar-refractivity contribution in [2.24, 2.45) is 0 Å². The van der Waals surface area contributed by atoms with Crippen LogP contribution in [0.5, 0.6) is 0 Å². The summed E-state index contributed by atoms with van der Waals surface area (Å²) in [6, 6.07) is 8.61. The molecule has 1 aliphatic carbocycles. The first-order chi connectivity index (χ1) is 8.20. The second-order valence-electron chi connectivity index (χ2n) is 5.04. The molecule has 0 saturated carbocycles. The van der Waals surface area contributed by atoms with E-state index >= 15 is 0 Å². The highest BCUT2D eigenvalue weighted by atomic mass is 32.2. The summed E-state index contributed by atoms with van der Waals surface area (Å²) in [4.78, 5) is 0. The van der Waals surface area contributed by atoms with Crippen molar-refractivity contribution in [1.29, 1.82) is 0 Å². The summed E-state index contributed by atoms with van der Waals surface area (Å²) >= 11 is 1.89. The van der Waals surface area contributed by atoms with Gasteiger partial charge in [-0.15, -0.1) is 0 Å². The fraction of sp³-hybridized carbons (Fsp3) is 0.600. The molecule has 1 N–H and O–H groups in total. The van der Waals surface area contributed by atoms with Crippen LogP contribution in [0.4, 0.5) is 0 Å². The van der Waals surface area contributed by atoms with Gasteiger partial charge in [0.2, 0.25) is 0 Å². The number of benzene rings is 1. The molecule has 0 fully saturated rings. The molecule has 1 aromatic rings. The van der Waals surface area contributed by atoms with E-state index < -0.39 is 0 Å². The van der Waals surface area contributed by atoms with Gasteiger partial charge in [0.05, 0.1) is 6.10 Å². The maximum absolute atomic E-state index is 10.0. The predicted molar refractivity (Wildman–Crippen MR) is 75.7 cm³/mol. The van der Waals surface area contributed by atoms with Gasteiger partial charge in [-0.1, -0.05) is 38.1 Å². The van der Waals surface area contributed by atoms with Crippen molar-refractivity contribution in [2.45, 2.75) is 50.4 Å². The standard InChI is InChI=1S/C15H22OS/c1-3-11(2)17-10-14(16)9-13-8-12-6-4-5-7-15(12)13/h4-7,11,13-14,16H,3,8-10H2,1-2H3. The summed E-state index contributed by atoms with van der Waals surface area (Å²) in [6.07, 6.45) is 3.12. The second kappa shape index (κ2) is 5.92. The summed E-state index contributed by atoms with van der Waals surface area (Å²) in [7, 11) is 0. The predicted octanol–water partition coefficient (Wildman–Crippen LogP) is 3.61. The molecule has 1 aliphatic rings. The maximum atomic E-state index is 10.0. The molecule has 2 rings (SSSR count). The zero-order chi connectivity index (χ0) is 12.3. The van der Waals surface area contributed by atoms with E-state index in [-0.39, 0.29) is 6.10 Å². The van der Waals surface area contributed by atoms with E-state index in [0.29, 0.717) is 11.2 Å². The van der Waals surface area contributed by atoms with E-state index in [0.717, 1.165) is 18.6 Å². The Morgan fingerprint density at radius 2 is 2.18 bits per heavy atom. The Balaban J connectivity index is 1.76. The molecule has 0 heterocycles. The zero-order valence-corrected chi connectivity index (χ0v) is 11.5. The first kappa shape index (κ1) is 13.0. The first-order valence-corrected chi connectivity index (χ1v) is 7.63. The number of thioether (sulfide) groups is 1. The van der Waals surface area contributed by atoms with Crippen molar-refractivity contribution < 1.29 is 5.11 Å². The number of fused-ring (bicyclic) bond motifs is 1. The molecule has 1 aromatic carbocycles. The molecule has 2 heteroatoms. The van der Waals surface area contributed by atoms with Crippen molar-refractivity contribution in [1.82, 2.24) is 0 Å². The monoisotopic (exact) mass is 250 g/mol. The summed E-state index contributed by atoms with van der Waals surface area (Å²) in [5.41, 5.74) is 2.93. The molecule has 0 spiro atoms. The van der Waals surface area contributed by atoms with Crippen LogP contribution in [0.15, 0.2) is 24.3 Å². The van der Waals surface area contributed by atoms with Crippen LogP contribution in [0.25, 0.3) is 0 Å². The summed E-state index contributed by atoms with van der Waals surface area (Å²) in [5, 5.41) is 10.7. The van der Waals surface area contributed by atoms with Gasteiger partial charge in [-0.05, 0) is 36.3 Å². The van der Waals surface area contributed by atoms with Gasteiger partial charge in [-0.2, -0.15) is 11.8 Å². The topological polar surface area (TPSA) is 20.2 Å². The van der Waals surface area contributed by atoms with Crippen LogP contribution >= 0.6 is 11.8 Å². The lowest BCUT2D eigenvalue weighted by Crippen LogP contribution is -2.24. The molecular weight excluding hydrogens is 228 g/mol. The van der Waals surface area contributed by atoms with E-state index in [1.165, 1.54) is 17.5 Å². The molecule has 0 radical (unpaired) electrons. The number of hydrogen-bond donors (Lipinski definition) is 1. The van der Waals surface area contributed by atoms with Gasteiger partial charge < -0.3 is 5.11 Å². The van der Waals surface area contributed by atoms with Crippen LogP contribution < -0.4 is 0 Å². The minimum Gasteiger partial charge on any atom is -0.392 e. The van der Waals surface area contributed by atoms with Crippen LogP contribution in [0, 0.1) is 0 Å². The van der Waals surface area contributed by atoms with Crippen LogP contribution in [0.2, 0.25) is 0 Å². The Kier molecular flexibility index (Phi) is 4.52. The molecule has 17 heavy (non-hydrogen) atoms. The molecule has 1 nitrogen and oxygen atoms in total. The minimum atomic E-state index is -0.146. The van der Waals surface area contributed by atoms with Crippen molar-refractivity contribution in [3.8, 4) is 0 Å². The molecule has 0 amide bonds. The van der Waals surface area contributed by atoms with Gasteiger partial charge in [0.25, 0.3) is 0 Å². The lowest BCUT2D eigenvalue weighted by molar-refractivity contribution is 0.174. The highest BCUT2D eigenvalue weighted by Crippen LogP contribution is 2.38. The molecule has 0 aromatic heterocycles. The third-order valence-electron chi connectivity index (χ3n) is 3.67. The Bertz CT molecular complexity index is 364. The van der Waals surface area contributed by atoms with E-state index in [9.17, 15) is 5.11 Å². The Hall–Kier alpha value is -0.470. The SMILES string of the molecule is CCC(C)SCC(O)CC1Cc2ccccc21. The average molecular weight is 250 g/mol. The van der Waals surface area contributed by atoms with Crippen molar-refractivity contribution in [3.63, 3.8) is 0 Å². The smallest absolute Gasteiger partial charge is 0.0636 e. The van der Waals surface area contributed by atoms with Gasteiger partial charge in [0, 0.05) is 11.0 Å². The fourth-order valence-electron chi connectivity index (χ4n) is 2.36. The summed E-state index contributed by atoms with van der Waals surface area (Å²) < 4.78 is 0. The number of hydrogen-bond acceptors (Lipinski definition) is 2. The molecule has 3 atom stereocenters. The highest BCUT2D eigenvalue weighted by Gasteiger charge is 2.27. The van der Waals surface area contributed by atoms with Crippen LogP contribution in [0.3, 0.4) is 0 Å². The van der Waals surface area contributed by atoms with E-state index in [1.54, 1.807) is 0 Å². The largest absolute Gasteiger partial charge is 0.392 e. The summed E-state index contributed by atoms with van der Waals surface area (Å²) in [5.74, 6) is 1.48. The van der Waals surface area contributed by atoms with Crippen LogP contribution in [-0.4, -0.2) is 22.2 Å². The molecule has 0 bridgehead atoms. The van der Waals surface area contributed by atoms with Crippen LogP contribution in [-0.2, 0) is 6.42 Å². The average Bonchev–Trinajstić information content (AvgIpc) is 2.33.